The van der Waals surface area contributed by atoms with Gasteiger partial charge in [0.25, 0.3) is 5.91 Å². The number of likely N-dealkylation sites (N-methyl/N-ethyl adjacent to an activating group) is 1. The molecule has 3 aromatic rings. The second-order valence-corrected chi connectivity index (χ2v) is 7.52. The number of amides is 2. The molecule has 0 unspecified atom stereocenters. The van der Waals surface area contributed by atoms with Crippen LogP contribution in [0.3, 0.4) is 0 Å². The molecule has 2 aromatic carbocycles. The van der Waals surface area contributed by atoms with Crippen molar-refractivity contribution in [2.45, 2.75) is 13.8 Å². The molecular formula is C21H21BrN4O2. The van der Waals surface area contributed by atoms with Crippen molar-refractivity contribution in [1.82, 2.24) is 14.7 Å². The minimum Gasteiger partial charge on any atom is -0.332 e. The van der Waals surface area contributed by atoms with E-state index in [1.165, 1.54) is 4.90 Å². The molecule has 0 aliphatic heterocycles. The largest absolute Gasteiger partial charge is 0.332 e. The van der Waals surface area contributed by atoms with Crippen LogP contribution in [0.15, 0.2) is 59.2 Å². The lowest BCUT2D eigenvalue weighted by molar-refractivity contribution is -0.116. The van der Waals surface area contributed by atoms with Gasteiger partial charge in [-0.15, -0.1) is 0 Å². The van der Waals surface area contributed by atoms with Crippen LogP contribution in [-0.2, 0) is 4.79 Å². The monoisotopic (exact) mass is 440 g/mol. The maximum absolute atomic E-state index is 12.6. The second kappa shape index (κ2) is 8.39. The molecule has 0 saturated heterocycles. The molecule has 6 nitrogen and oxygen atoms in total. The van der Waals surface area contributed by atoms with E-state index in [-0.39, 0.29) is 18.4 Å². The SMILES string of the molecule is Cc1cc(Br)ccc1NC(=O)CN(C)C(=O)c1ccc(-n2nccc2C)cc1. The van der Waals surface area contributed by atoms with Crippen molar-refractivity contribution >= 4 is 33.4 Å². The van der Waals surface area contributed by atoms with E-state index < -0.39 is 0 Å². The van der Waals surface area contributed by atoms with Gasteiger partial charge in [-0.25, -0.2) is 4.68 Å². The lowest BCUT2D eigenvalue weighted by Crippen LogP contribution is -2.35. The van der Waals surface area contributed by atoms with Crippen molar-refractivity contribution in [2.75, 3.05) is 18.9 Å². The van der Waals surface area contributed by atoms with Crippen molar-refractivity contribution in [3.05, 3.63) is 76.0 Å². The summed E-state index contributed by atoms with van der Waals surface area (Å²) < 4.78 is 2.75. The molecule has 28 heavy (non-hydrogen) atoms. The van der Waals surface area contributed by atoms with Crippen molar-refractivity contribution in [1.29, 1.82) is 0 Å². The summed E-state index contributed by atoms with van der Waals surface area (Å²) in [5, 5.41) is 7.10. The van der Waals surface area contributed by atoms with E-state index >= 15 is 0 Å². The lowest BCUT2D eigenvalue weighted by Gasteiger charge is -2.18. The van der Waals surface area contributed by atoms with Crippen molar-refractivity contribution in [3.8, 4) is 5.69 Å². The van der Waals surface area contributed by atoms with Gasteiger partial charge in [-0.1, -0.05) is 15.9 Å². The zero-order valence-electron chi connectivity index (χ0n) is 15.9. The van der Waals surface area contributed by atoms with Gasteiger partial charge in [0.05, 0.1) is 12.2 Å². The van der Waals surface area contributed by atoms with E-state index in [4.69, 9.17) is 0 Å². The van der Waals surface area contributed by atoms with Crippen molar-refractivity contribution < 1.29 is 9.59 Å². The van der Waals surface area contributed by atoms with Crippen LogP contribution >= 0.6 is 15.9 Å². The molecule has 0 spiro atoms. The number of carbonyl (C=O) groups is 2. The molecule has 3 rings (SSSR count). The first-order valence-corrected chi connectivity index (χ1v) is 9.57. The molecular weight excluding hydrogens is 420 g/mol. The number of halogens is 1. The Balaban J connectivity index is 1.63. The third-order valence-electron chi connectivity index (χ3n) is 4.38. The zero-order valence-corrected chi connectivity index (χ0v) is 17.5. The molecule has 144 valence electrons. The zero-order chi connectivity index (χ0) is 20.3. The highest BCUT2D eigenvalue weighted by Crippen LogP contribution is 2.20. The van der Waals surface area contributed by atoms with Crippen LogP contribution in [0.4, 0.5) is 5.69 Å². The normalized spacial score (nSPS) is 10.6. The molecule has 1 heterocycles. The van der Waals surface area contributed by atoms with Gasteiger partial charge in [-0.05, 0) is 67.9 Å². The van der Waals surface area contributed by atoms with E-state index in [9.17, 15) is 9.59 Å². The lowest BCUT2D eigenvalue weighted by atomic mass is 10.1. The predicted molar refractivity (Wildman–Crippen MR) is 113 cm³/mol. The smallest absolute Gasteiger partial charge is 0.254 e. The Morgan fingerprint density at radius 3 is 2.43 bits per heavy atom. The van der Waals surface area contributed by atoms with Crippen LogP contribution in [0, 0.1) is 13.8 Å². The van der Waals surface area contributed by atoms with Gasteiger partial charge >= 0.3 is 0 Å². The molecule has 0 bridgehead atoms. The number of anilines is 1. The summed E-state index contributed by atoms with van der Waals surface area (Å²) in [6.45, 7) is 3.85. The first-order valence-electron chi connectivity index (χ1n) is 8.77. The Kier molecular flexibility index (Phi) is 5.94. The molecule has 0 fully saturated rings. The number of hydrogen-bond acceptors (Lipinski definition) is 3. The molecule has 2 amide bonds. The summed E-state index contributed by atoms with van der Waals surface area (Å²) in [6.07, 6.45) is 1.73. The predicted octanol–water partition coefficient (Wildman–Crippen LogP) is 3.96. The third kappa shape index (κ3) is 4.48. The van der Waals surface area contributed by atoms with E-state index in [0.29, 0.717) is 5.56 Å². The average Bonchev–Trinajstić information content (AvgIpc) is 3.09. The Labute approximate surface area is 172 Å². The maximum Gasteiger partial charge on any atom is 0.254 e. The fraction of sp³-hybridized carbons (Fsp3) is 0.190. The molecule has 1 aromatic heterocycles. The topological polar surface area (TPSA) is 67.2 Å². The third-order valence-corrected chi connectivity index (χ3v) is 4.87. The van der Waals surface area contributed by atoms with Crippen LogP contribution in [-0.4, -0.2) is 40.1 Å². The molecule has 0 radical (unpaired) electrons. The highest BCUT2D eigenvalue weighted by atomic mass is 79.9. The Bertz CT molecular complexity index is 1010. The quantitative estimate of drug-likeness (QED) is 0.652. The fourth-order valence-corrected chi connectivity index (χ4v) is 3.33. The number of carbonyl (C=O) groups excluding carboxylic acids is 2. The number of aryl methyl sites for hydroxylation is 2. The molecule has 0 atom stereocenters. The van der Waals surface area contributed by atoms with E-state index in [2.05, 4.69) is 26.3 Å². The van der Waals surface area contributed by atoms with Gasteiger partial charge in [0.1, 0.15) is 0 Å². The van der Waals surface area contributed by atoms with Gasteiger partial charge in [-0.2, -0.15) is 5.10 Å². The Morgan fingerprint density at radius 2 is 1.82 bits per heavy atom. The summed E-state index contributed by atoms with van der Waals surface area (Å²) in [4.78, 5) is 26.3. The molecule has 0 aliphatic carbocycles. The average molecular weight is 441 g/mol. The van der Waals surface area contributed by atoms with Crippen LogP contribution < -0.4 is 5.32 Å². The number of hydrogen-bond donors (Lipinski definition) is 1. The fourth-order valence-electron chi connectivity index (χ4n) is 2.85. The molecule has 0 aliphatic rings. The summed E-state index contributed by atoms with van der Waals surface area (Å²) in [6, 6.07) is 14.7. The summed E-state index contributed by atoms with van der Waals surface area (Å²) >= 11 is 3.40. The molecule has 7 heteroatoms. The van der Waals surface area contributed by atoms with Gasteiger partial charge in [-0.3, -0.25) is 9.59 Å². The second-order valence-electron chi connectivity index (χ2n) is 6.60. The van der Waals surface area contributed by atoms with Crippen LogP contribution in [0.2, 0.25) is 0 Å². The van der Waals surface area contributed by atoms with Crippen molar-refractivity contribution in [3.63, 3.8) is 0 Å². The minimum atomic E-state index is -0.245. The van der Waals surface area contributed by atoms with Crippen LogP contribution in [0.1, 0.15) is 21.6 Å². The van der Waals surface area contributed by atoms with Gasteiger partial charge in [0.2, 0.25) is 5.91 Å². The maximum atomic E-state index is 12.6. The van der Waals surface area contributed by atoms with E-state index in [0.717, 1.165) is 27.1 Å². The van der Waals surface area contributed by atoms with Gasteiger partial charge in [0.15, 0.2) is 0 Å². The molecule has 1 N–H and O–H groups in total. The first kappa shape index (κ1) is 19.8. The summed E-state index contributed by atoms with van der Waals surface area (Å²) in [5.41, 5.74) is 4.08. The van der Waals surface area contributed by atoms with Gasteiger partial charge in [0, 0.05) is 34.7 Å². The standard InChI is InChI=1S/C21H21BrN4O2/c1-14-12-17(22)6-9-19(14)24-20(27)13-25(3)21(28)16-4-7-18(8-5-16)26-15(2)10-11-23-26/h4-12H,13H2,1-3H3,(H,24,27). The number of aromatic nitrogens is 2. The van der Waals surface area contributed by atoms with Gasteiger partial charge < -0.3 is 10.2 Å². The van der Waals surface area contributed by atoms with Crippen LogP contribution in [0.25, 0.3) is 5.69 Å². The highest BCUT2D eigenvalue weighted by Gasteiger charge is 2.16. The van der Waals surface area contributed by atoms with Crippen molar-refractivity contribution in [2.24, 2.45) is 0 Å². The summed E-state index contributed by atoms with van der Waals surface area (Å²) in [7, 11) is 1.61. The number of nitrogens with zero attached hydrogens (tertiary/aromatic N) is 3. The Hall–Kier alpha value is -2.93. The molecule has 0 saturated carbocycles. The highest BCUT2D eigenvalue weighted by molar-refractivity contribution is 9.10. The van der Waals surface area contributed by atoms with E-state index in [1.54, 1.807) is 30.1 Å². The number of rotatable bonds is 5. The van der Waals surface area contributed by atoms with Crippen LogP contribution in [0.5, 0.6) is 0 Å². The Morgan fingerprint density at radius 1 is 1.11 bits per heavy atom. The minimum absolute atomic E-state index is 0.0334. The summed E-state index contributed by atoms with van der Waals surface area (Å²) in [5.74, 6) is -0.462. The first-order chi connectivity index (χ1) is 13.3. The van der Waals surface area contributed by atoms with E-state index in [1.807, 2.05) is 50.2 Å². The number of benzene rings is 2. The number of nitrogens with one attached hydrogen (secondary N) is 1.